The minimum atomic E-state index is -1.43. The summed E-state index contributed by atoms with van der Waals surface area (Å²) in [5, 5.41) is 22.4. The number of nitro benzene ring substituents is 1. The second kappa shape index (κ2) is 5.61. The van der Waals surface area contributed by atoms with Crippen molar-refractivity contribution in [3.05, 3.63) is 39.8 Å². The lowest BCUT2D eigenvalue weighted by Crippen LogP contribution is -1.99. The van der Waals surface area contributed by atoms with E-state index in [1.165, 1.54) is 0 Å². The van der Waals surface area contributed by atoms with E-state index < -0.39 is 39.6 Å². The molecule has 2 aromatic rings. The molecule has 0 amide bonds. The van der Waals surface area contributed by atoms with Gasteiger partial charge in [0.1, 0.15) is 11.4 Å². The van der Waals surface area contributed by atoms with Crippen LogP contribution in [0, 0.1) is 21.7 Å². The molecular weight excluding hydrogens is 292 g/mol. The van der Waals surface area contributed by atoms with E-state index in [2.05, 4.69) is 14.7 Å². The van der Waals surface area contributed by atoms with Gasteiger partial charge in [0, 0.05) is 12.5 Å². The van der Waals surface area contributed by atoms with Crippen LogP contribution in [0.1, 0.15) is 12.3 Å². The molecule has 8 nitrogen and oxygen atoms in total. The van der Waals surface area contributed by atoms with Gasteiger partial charge in [0.2, 0.25) is 17.5 Å². The van der Waals surface area contributed by atoms with Crippen LogP contribution in [0.15, 0.2) is 16.7 Å². The molecule has 1 heterocycles. The number of benzene rings is 1. The van der Waals surface area contributed by atoms with Crippen LogP contribution in [0.25, 0.3) is 11.4 Å². The van der Waals surface area contributed by atoms with Crippen molar-refractivity contribution in [2.75, 3.05) is 0 Å². The Bertz CT molecular complexity index is 716. The Morgan fingerprint density at radius 1 is 1.43 bits per heavy atom. The van der Waals surface area contributed by atoms with E-state index in [4.69, 9.17) is 5.11 Å². The summed E-state index contributed by atoms with van der Waals surface area (Å²) in [5.74, 6) is -4.29. The minimum absolute atomic E-state index is 0.125. The Hall–Kier alpha value is -2.91. The monoisotopic (exact) mass is 299 g/mol. The molecule has 0 atom stereocenters. The molecule has 0 bridgehead atoms. The molecule has 0 radical (unpaired) electrons. The molecule has 0 fully saturated rings. The summed E-state index contributed by atoms with van der Waals surface area (Å²) in [5.41, 5.74) is -1.72. The van der Waals surface area contributed by atoms with Gasteiger partial charge in [0.15, 0.2) is 0 Å². The van der Waals surface area contributed by atoms with Gasteiger partial charge in [-0.25, -0.2) is 4.39 Å². The number of hydrogen-bond acceptors (Lipinski definition) is 6. The van der Waals surface area contributed by atoms with Crippen LogP contribution < -0.4 is 0 Å². The third-order valence-electron chi connectivity index (χ3n) is 2.51. The minimum Gasteiger partial charge on any atom is -0.481 e. The van der Waals surface area contributed by atoms with E-state index in [1.54, 1.807) is 0 Å². The largest absolute Gasteiger partial charge is 0.481 e. The zero-order chi connectivity index (χ0) is 15.6. The number of carboxylic acid groups (broad SMARTS) is 1. The molecule has 0 aliphatic heterocycles. The van der Waals surface area contributed by atoms with Crippen molar-refractivity contribution in [3.8, 4) is 11.4 Å². The van der Waals surface area contributed by atoms with Crippen LogP contribution in [0.5, 0.6) is 0 Å². The second-order valence-electron chi connectivity index (χ2n) is 3.92. The predicted octanol–water partition coefficient (Wildman–Crippen LogP) is 1.94. The van der Waals surface area contributed by atoms with Gasteiger partial charge in [-0.3, -0.25) is 14.9 Å². The molecule has 0 unspecified atom stereocenters. The number of carboxylic acids is 1. The fraction of sp³-hybridized carbons (Fsp3) is 0.182. The number of halogens is 2. The number of hydrogen-bond donors (Lipinski definition) is 1. The molecule has 10 heteroatoms. The fourth-order valence-electron chi connectivity index (χ4n) is 1.56. The fourth-order valence-corrected chi connectivity index (χ4v) is 1.56. The average Bonchev–Trinajstić information content (AvgIpc) is 2.84. The van der Waals surface area contributed by atoms with E-state index in [0.717, 1.165) is 0 Å². The van der Waals surface area contributed by atoms with E-state index in [0.29, 0.717) is 12.1 Å². The van der Waals surface area contributed by atoms with Crippen LogP contribution in [0.4, 0.5) is 14.5 Å². The maximum Gasteiger partial charge on any atom is 0.305 e. The number of aliphatic carboxylic acids is 1. The number of rotatable bonds is 5. The van der Waals surface area contributed by atoms with Gasteiger partial charge >= 0.3 is 11.7 Å². The SMILES string of the molecule is O=C(O)CCc1nc(-c2c(F)ccc([N+](=O)[O-])c2F)no1. The van der Waals surface area contributed by atoms with Crippen molar-refractivity contribution >= 4 is 11.7 Å². The lowest BCUT2D eigenvalue weighted by atomic mass is 10.1. The van der Waals surface area contributed by atoms with Gasteiger partial charge in [-0.05, 0) is 6.07 Å². The number of carbonyl (C=O) groups is 1. The highest BCUT2D eigenvalue weighted by Gasteiger charge is 2.25. The average molecular weight is 299 g/mol. The van der Waals surface area contributed by atoms with Crippen molar-refractivity contribution in [3.63, 3.8) is 0 Å². The zero-order valence-electron chi connectivity index (χ0n) is 10.2. The predicted molar refractivity (Wildman–Crippen MR) is 62.3 cm³/mol. The first-order chi connectivity index (χ1) is 9.90. The normalized spacial score (nSPS) is 10.6. The number of nitro groups is 1. The first kappa shape index (κ1) is 14.5. The van der Waals surface area contributed by atoms with Crippen molar-refractivity contribution in [2.45, 2.75) is 12.8 Å². The van der Waals surface area contributed by atoms with E-state index in [1.807, 2.05) is 0 Å². The van der Waals surface area contributed by atoms with E-state index >= 15 is 0 Å². The van der Waals surface area contributed by atoms with Gasteiger partial charge in [-0.2, -0.15) is 9.37 Å². The number of nitrogens with zero attached hydrogens (tertiary/aromatic N) is 3. The van der Waals surface area contributed by atoms with Crippen LogP contribution in [-0.4, -0.2) is 26.1 Å². The number of aryl methyl sites for hydroxylation is 1. The topological polar surface area (TPSA) is 119 Å². The summed E-state index contributed by atoms with van der Waals surface area (Å²) in [6.07, 6.45) is -0.429. The first-order valence-corrected chi connectivity index (χ1v) is 5.57. The zero-order valence-corrected chi connectivity index (χ0v) is 10.2. The van der Waals surface area contributed by atoms with Crippen molar-refractivity contribution < 1.29 is 28.1 Å². The van der Waals surface area contributed by atoms with Crippen LogP contribution in [-0.2, 0) is 11.2 Å². The molecule has 1 aromatic heterocycles. The Morgan fingerprint density at radius 2 is 2.14 bits per heavy atom. The summed E-state index contributed by atoms with van der Waals surface area (Å²) in [6.45, 7) is 0. The third-order valence-corrected chi connectivity index (χ3v) is 2.51. The molecule has 0 aliphatic carbocycles. The Balaban J connectivity index is 2.40. The van der Waals surface area contributed by atoms with Gasteiger partial charge < -0.3 is 9.63 Å². The summed E-state index contributed by atoms with van der Waals surface area (Å²) in [6, 6.07) is 1.39. The van der Waals surface area contributed by atoms with E-state index in [9.17, 15) is 23.7 Å². The lowest BCUT2D eigenvalue weighted by molar-refractivity contribution is -0.387. The molecule has 0 saturated carbocycles. The Kier molecular flexibility index (Phi) is 3.87. The summed E-state index contributed by atoms with van der Waals surface area (Å²) in [4.78, 5) is 23.6. The summed E-state index contributed by atoms with van der Waals surface area (Å²) >= 11 is 0. The Labute approximate surface area is 115 Å². The quantitative estimate of drug-likeness (QED) is 0.661. The highest BCUT2D eigenvalue weighted by atomic mass is 19.1. The van der Waals surface area contributed by atoms with Gasteiger partial charge in [-0.1, -0.05) is 5.16 Å². The third kappa shape index (κ3) is 2.99. The van der Waals surface area contributed by atoms with Gasteiger partial charge in [0.05, 0.1) is 11.3 Å². The van der Waals surface area contributed by atoms with E-state index in [-0.39, 0.29) is 18.7 Å². The molecule has 110 valence electrons. The Morgan fingerprint density at radius 3 is 2.76 bits per heavy atom. The maximum absolute atomic E-state index is 13.9. The maximum atomic E-state index is 13.9. The smallest absolute Gasteiger partial charge is 0.305 e. The highest BCUT2D eigenvalue weighted by molar-refractivity contribution is 5.67. The van der Waals surface area contributed by atoms with Crippen molar-refractivity contribution in [2.24, 2.45) is 0 Å². The van der Waals surface area contributed by atoms with Gasteiger partial charge in [0.25, 0.3) is 0 Å². The van der Waals surface area contributed by atoms with Crippen molar-refractivity contribution in [1.82, 2.24) is 10.1 Å². The van der Waals surface area contributed by atoms with Crippen LogP contribution >= 0.6 is 0 Å². The van der Waals surface area contributed by atoms with Crippen LogP contribution in [0.2, 0.25) is 0 Å². The molecule has 21 heavy (non-hydrogen) atoms. The molecule has 1 aromatic carbocycles. The lowest BCUT2D eigenvalue weighted by Gasteiger charge is -2.00. The van der Waals surface area contributed by atoms with Crippen molar-refractivity contribution in [1.29, 1.82) is 0 Å². The molecule has 0 spiro atoms. The summed E-state index contributed by atoms with van der Waals surface area (Å²) < 4.78 is 32.2. The molecule has 2 rings (SSSR count). The molecule has 1 N–H and O–H groups in total. The summed E-state index contributed by atoms with van der Waals surface area (Å²) in [7, 11) is 0. The van der Waals surface area contributed by atoms with Crippen LogP contribution in [0.3, 0.4) is 0 Å². The molecule has 0 aliphatic rings. The molecule has 0 saturated heterocycles. The van der Waals surface area contributed by atoms with Gasteiger partial charge in [-0.15, -0.1) is 0 Å². The highest BCUT2D eigenvalue weighted by Crippen LogP contribution is 2.29. The first-order valence-electron chi connectivity index (χ1n) is 5.57. The molecular formula is C11H7F2N3O5. The number of aromatic nitrogens is 2. The standard InChI is InChI=1S/C11H7F2N3O5/c12-5-1-2-6(16(19)20)10(13)9(5)11-14-7(21-15-11)3-4-8(17)18/h1-2H,3-4H2,(H,17,18). The second-order valence-corrected chi connectivity index (χ2v) is 3.92.